The van der Waals surface area contributed by atoms with Gasteiger partial charge in [0.25, 0.3) is 0 Å². The summed E-state index contributed by atoms with van der Waals surface area (Å²) in [5.41, 5.74) is 4.03. The van der Waals surface area contributed by atoms with Crippen molar-refractivity contribution in [3.05, 3.63) is 48.0 Å². The second-order valence-corrected chi connectivity index (χ2v) is 6.28. The van der Waals surface area contributed by atoms with Crippen LogP contribution in [0.15, 0.2) is 36.8 Å². The first kappa shape index (κ1) is 11.5. The Kier molecular flexibility index (Phi) is 2.54. The molecule has 2 aromatic rings. The smallest absolute Gasteiger partial charge is 0.0995 e. The lowest BCUT2D eigenvalue weighted by atomic mass is 9.87. The van der Waals surface area contributed by atoms with E-state index in [9.17, 15) is 0 Å². The summed E-state index contributed by atoms with van der Waals surface area (Å²) in [5, 5.41) is 0. The molecule has 0 saturated heterocycles. The van der Waals surface area contributed by atoms with Gasteiger partial charge in [0, 0.05) is 17.8 Å². The molecule has 0 amide bonds. The average Bonchev–Trinajstić information content (AvgIpc) is 3.06. The molecule has 1 aromatic carbocycles. The van der Waals surface area contributed by atoms with Crippen molar-refractivity contribution < 1.29 is 0 Å². The summed E-state index contributed by atoms with van der Waals surface area (Å²) in [6, 6.07) is 8.79. The van der Waals surface area contributed by atoms with Crippen LogP contribution in [0, 0.1) is 0 Å². The average molecular weight is 240 g/mol. The van der Waals surface area contributed by atoms with E-state index in [4.69, 9.17) is 0 Å². The Bertz CT molecular complexity index is 539. The molecule has 94 valence electrons. The Morgan fingerprint density at radius 3 is 2.33 bits per heavy atom. The maximum absolute atomic E-state index is 4.49. The highest BCUT2D eigenvalue weighted by molar-refractivity contribution is 5.37. The molecule has 0 N–H and O–H groups in total. The second kappa shape index (κ2) is 3.98. The minimum absolute atomic E-state index is 0.215. The summed E-state index contributed by atoms with van der Waals surface area (Å²) < 4.78 is 2.13. The Hall–Kier alpha value is -1.57. The van der Waals surface area contributed by atoms with Gasteiger partial charge in [-0.3, -0.25) is 0 Å². The molecule has 0 bridgehead atoms. The lowest BCUT2D eigenvalue weighted by molar-refractivity contribution is 0.590. The van der Waals surface area contributed by atoms with Gasteiger partial charge in [0.1, 0.15) is 0 Å². The molecular formula is C16H20N2. The van der Waals surface area contributed by atoms with Crippen molar-refractivity contribution >= 4 is 0 Å². The molecule has 1 aliphatic carbocycles. The molecule has 1 fully saturated rings. The number of rotatable bonds is 2. The molecule has 1 aliphatic rings. The molecule has 18 heavy (non-hydrogen) atoms. The van der Waals surface area contributed by atoms with Crippen LogP contribution in [0.2, 0.25) is 0 Å². The van der Waals surface area contributed by atoms with Crippen molar-refractivity contribution in [1.29, 1.82) is 0 Å². The third-order valence-electron chi connectivity index (χ3n) is 3.63. The van der Waals surface area contributed by atoms with E-state index in [0.29, 0.717) is 0 Å². The van der Waals surface area contributed by atoms with Gasteiger partial charge in [0.05, 0.1) is 12.0 Å². The number of hydrogen-bond donors (Lipinski definition) is 0. The molecule has 0 aliphatic heterocycles. The Morgan fingerprint density at radius 1 is 1.11 bits per heavy atom. The number of benzene rings is 1. The van der Waals surface area contributed by atoms with E-state index < -0.39 is 0 Å². The highest BCUT2D eigenvalue weighted by Crippen LogP contribution is 2.39. The van der Waals surface area contributed by atoms with Crippen LogP contribution in [0.4, 0.5) is 0 Å². The van der Waals surface area contributed by atoms with Crippen LogP contribution >= 0.6 is 0 Å². The van der Waals surface area contributed by atoms with E-state index in [1.807, 2.05) is 6.33 Å². The van der Waals surface area contributed by atoms with Gasteiger partial charge in [-0.2, -0.15) is 0 Å². The molecule has 1 heterocycles. The van der Waals surface area contributed by atoms with E-state index in [2.05, 4.69) is 60.8 Å². The first-order valence-corrected chi connectivity index (χ1v) is 6.69. The molecule has 3 rings (SSSR count). The summed E-state index contributed by atoms with van der Waals surface area (Å²) in [7, 11) is 0. The van der Waals surface area contributed by atoms with Gasteiger partial charge in [0.2, 0.25) is 0 Å². The van der Waals surface area contributed by atoms with Crippen LogP contribution in [-0.4, -0.2) is 9.55 Å². The number of nitrogens with zero attached hydrogens (tertiary/aromatic N) is 2. The highest BCUT2D eigenvalue weighted by atomic mass is 15.0. The quantitative estimate of drug-likeness (QED) is 0.774. The molecule has 0 atom stereocenters. The SMILES string of the molecule is CC(C)(C)c1ccc(-n2cnc(C3CC3)c2)cc1. The maximum atomic E-state index is 4.49. The normalized spacial score (nSPS) is 15.9. The zero-order valence-electron chi connectivity index (χ0n) is 11.4. The van der Waals surface area contributed by atoms with E-state index in [-0.39, 0.29) is 5.41 Å². The van der Waals surface area contributed by atoms with Crippen LogP contribution in [0.1, 0.15) is 50.8 Å². The summed E-state index contributed by atoms with van der Waals surface area (Å²) in [6.45, 7) is 6.72. The van der Waals surface area contributed by atoms with E-state index >= 15 is 0 Å². The number of imidazole rings is 1. The van der Waals surface area contributed by atoms with E-state index in [1.54, 1.807) is 0 Å². The van der Waals surface area contributed by atoms with Crippen LogP contribution in [0.25, 0.3) is 5.69 Å². The van der Waals surface area contributed by atoms with E-state index in [0.717, 1.165) is 5.92 Å². The second-order valence-electron chi connectivity index (χ2n) is 6.28. The van der Waals surface area contributed by atoms with Gasteiger partial charge in [-0.1, -0.05) is 32.9 Å². The third-order valence-corrected chi connectivity index (χ3v) is 3.63. The molecule has 0 radical (unpaired) electrons. The summed E-state index contributed by atoms with van der Waals surface area (Å²) >= 11 is 0. The zero-order chi connectivity index (χ0) is 12.8. The van der Waals surface area contributed by atoms with Crippen molar-refractivity contribution in [3.63, 3.8) is 0 Å². The van der Waals surface area contributed by atoms with E-state index in [1.165, 1.54) is 29.8 Å². The molecule has 1 saturated carbocycles. The minimum atomic E-state index is 0.215. The molecule has 0 unspecified atom stereocenters. The minimum Gasteiger partial charge on any atom is -0.306 e. The fourth-order valence-electron chi connectivity index (χ4n) is 2.20. The van der Waals surface area contributed by atoms with Crippen molar-refractivity contribution in [3.8, 4) is 5.69 Å². The Balaban J connectivity index is 1.87. The van der Waals surface area contributed by atoms with Crippen molar-refractivity contribution in [2.75, 3.05) is 0 Å². The van der Waals surface area contributed by atoms with Gasteiger partial charge in [-0.25, -0.2) is 4.98 Å². The largest absolute Gasteiger partial charge is 0.306 e. The third kappa shape index (κ3) is 2.20. The fourth-order valence-corrected chi connectivity index (χ4v) is 2.20. The number of hydrogen-bond acceptors (Lipinski definition) is 1. The van der Waals surface area contributed by atoms with Gasteiger partial charge in [0.15, 0.2) is 0 Å². The molecule has 1 aromatic heterocycles. The van der Waals surface area contributed by atoms with Crippen molar-refractivity contribution in [1.82, 2.24) is 9.55 Å². The first-order chi connectivity index (χ1) is 8.54. The monoisotopic (exact) mass is 240 g/mol. The topological polar surface area (TPSA) is 17.8 Å². The maximum Gasteiger partial charge on any atom is 0.0995 e. The van der Waals surface area contributed by atoms with Crippen LogP contribution in [0.3, 0.4) is 0 Å². The van der Waals surface area contributed by atoms with Crippen molar-refractivity contribution in [2.45, 2.75) is 44.9 Å². The Morgan fingerprint density at radius 2 is 1.78 bits per heavy atom. The van der Waals surface area contributed by atoms with Crippen molar-refractivity contribution in [2.24, 2.45) is 0 Å². The molecular weight excluding hydrogens is 220 g/mol. The predicted octanol–water partition coefficient (Wildman–Crippen LogP) is 4.05. The lowest BCUT2D eigenvalue weighted by Crippen LogP contribution is -2.10. The molecule has 2 heteroatoms. The first-order valence-electron chi connectivity index (χ1n) is 6.69. The zero-order valence-corrected chi connectivity index (χ0v) is 11.4. The summed E-state index contributed by atoms with van der Waals surface area (Å²) in [6.07, 6.45) is 6.71. The highest BCUT2D eigenvalue weighted by Gasteiger charge is 2.25. The number of aromatic nitrogens is 2. The molecule has 0 spiro atoms. The van der Waals surface area contributed by atoms with Gasteiger partial charge in [-0.05, 0) is 36.0 Å². The fraction of sp³-hybridized carbons (Fsp3) is 0.438. The standard InChI is InChI=1S/C16H20N2/c1-16(2,3)13-6-8-14(9-7-13)18-10-15(17-11-18)12-4-5-12/h6-12H,4-5H2,1-3H3. The van der Waals surface area contributed by atoms with Crippen LogP contribution in [0.5, 0.6) is 0 Å². The van der Waals surface area contributed by atoms with Gasteiger partial charge < -0.3 is 4.57 Å². The van der Waals surface area contributed by atoms with Crippen LogP contribution < -0.4 is 0 Å². The Labute approximate surface area is 109 Å². The summed E-state index contributed by atoms with van der Waals surface area (Å²) in [4.78, 5) is 4.49. The van der Waals surface area contributed by atoms with Gasteiger partial charge >= 0.3 is 0 Å². The lowest BCUT2D eigenvalue weighted by Gasteiger charge is -2.19. The predicted molar refractivity (Wildman–Crippen MR) is 74.2 cm³/mol. The molecule has 2 nitrogen and oxygen atoms in total. The van der Waals surface area contributed by atoms with Crippen LogP contribution in [-0.2, 0) is 5.41 Å². The van der Waals surface area contributed by atoms with Gasteiger partial charge in [-0.15, -0.1) is 0 Å². The summed E-state index contributed by atoms with van der Waals surface area (Å²) in [5.74, 6) is 0.722.